The van der Waals surface area contributed by atoms with Crippen molar-refractivity contribution >= 4 is 27.6 Å². The third kappa shape index (κ3) is 4.21. The van der Waals surface area contributed by atoms with Crippen LogP contribution in [0.2, 0.25) is 0 Å². The van der Waals surface area contributed by atoms with E-state index in [-0.39, 0.29) is 5.97 Å². The van der Waals surface area contributed by atoms with E-state index in [1.165, 1.54) is 0 Å². The lowest BCUT2D eigenvalue weighted by Crippen LogP contribution is -2.20. The molecule has 0 aromatic heterocycles. The number of hydrogen-bond donors (Lipinski definition) is 1. The van der Waals surface area contributed by atoms with Gasteiger partial charge in [0.2, 0.25) is 0 Å². The number of halogens is 1. The molecule has 1 fully saturated rings. The van der Waals surface area contributed by atoms with Gasteiger partial charge in [-0.25, -0.2) is 4.79 Å². The number of benzene rings is 1. The maximum absolute atomic E-state index is 11.7. The smallest absolute Gasteiger partial charge is 0.338 e. The van der Waals surface area contributed by atoms with Gasteiger partial charge in [0.15, 0.2) is 0 Å². The maximum Gasteiger partial charge on any atom is 0.338 e. The van der Waals surface area contributed by atoms with Gasteiger partial charge in [-0.2, -0.15) is 0 Å². The van der Waals surface area contributed by atoms with E-state index in [4.69, 9.17) is 9.47 Å². The van der Waals surface area contributed by atoms with E-state index >= 15 is 0 Å². The van der Waals surface area contributed by atoms with Crippen LogP contribution in [0.4, 0.5) is 5.69 Å². The van der Waals surface area contributed by atoms with Crippen LogP contribution >= 0.6 is 15.9 Å². The summed E-state index contributed by atoms with van der Waals surface area (Å²) in [5, 5.41) is 3.51. The molecule has 0 bridgehead atoms. The summed E-state index contributed by atoms with van der Waals surface area (Å²) < 4.78 is 11.3. The van der Waals surface area contributed by atoms with Gasteiger partial charge in [0, 0.05) is 29.4 Å². The first-order valence-electron chi connectivity index (χ1n) is 7.01. The van der Waals surface area contributed by atoms with E-state index in [1.807, 2.05) is 6.07 Å². The number of hydrogen-bond acceptors (Lipinski definition) is 4. The van der Waals surface area contributed by atoms with Crippen molar-refractivity contribution in [3.63, 3.8) is 0 Å². The summed E-state index contributed by atoms with van der Waals surface area (Å²) in [6.45, 7) is 3.84. The quantitative estimate of drug-likeness (QED) is 0.850. The van der Waals surface area contributed by atoms with Crippen LogP contribution in [0.25, 0.3) is 0 Å². The van der Waals surface area contributed by atoms with Gasteiger partial charge in [-0.05, 0) is 60.3 Å². The predicted molar refractivity (Wildman–Crippen MR) is 82.2 cm³/mol. The molecular formula is C15H20BrNO3. The van der Waals surface area contributed by atoms with Gasteiger partial charge >= 0.3 is 5.97 Å². The molecule has 1 atom stereocenters. The highest BCUT2D eigenvalue weighted by atomic mass is 79.9. The lowest BCUT2D eigenvalue weighted by Gasteiger charge is -2.18. The molecule has 1 aromatic rings. The summed E-state index contributed by atoms with van der Waals surface area (Å²) in [6.07, 6.45) is 3.19. The zero-order chi connectivity index (χ0) is 14.4. The van der Waals surface area contributed by atoms with Crippen molar-refractivity contribution in [1.82, 2.24) is 0 Å². The van der Waals surface area contributed by atoms with Gasteiger partial charge in [0.25, 0.3) is 0 Å². The molecule has 1 N–H and O–H groups in total. The lowest BCUT2D eigenvalue weighted by atomic mass is 10.1. The Morgan fingerprint density at radius 2 is 2.30 bits per heavy atom. The lowest BCUT2D eigenvalue weighted by molar-refractivity contribution is 0.0526. The third-order valence-electron chi connectivity index (χ3n) is 3.29. The minimum Gasteiger partial charge on any atom is -0.462 e. The second-order valence-corrected chi connectivity index (χ2v) is 5.65. The van der Waals surface area contributed by atoms with Gasteiger partial charge in [-0.15, -0.1) is 0 Å². The highest BCUT2D eigenvalue weighted by molar-refractivity contribution is 9.10. The molecule has 1 unspecified atom stereocenters. The molecule has 0 amide bonds. The number of carbonyl (C=O) groups is 1. The average molecular weight is 342 g/mol. The van der Waals surface area contributed by atoms with E-state index in [0.717, 1.165) is 42.6 Å². The molecule has 110 valence electrons. The highest BCUT2D eigenvalue weighted by Crippen LogP contribution is 2.26. The van der Waals surface area contributed by atoms with Crippen LogP contribution in [-0.4, -0.2) is 31.8 Å². The highest BCUT2D eigenvalue weighted by Gasteiger charge is 2.14. The zero-order valence-electron chi connectivity index (χ0n) is 11.7. The van der Waals surface area contributed by atoms with Crippen molar-refractivity contribution in [3.05, 3.63) is 28.2 Å². The van der Waals surface area contributed by atoms with E-state index in [1.54, 1.807) is 19.1 Å². The van der Waals surface area contributed by atoms with Gasteiger partial charge < -0.3 is 14.8 Å². The normalized spacial score (nSPS) is 19.2. The molecule has 2 rings (SSSR count). The number of nitrogens with one attached hydrogen (secondary N) is 1. The van der Waals surface area contributed by atoms with Gasteiger partial charge in [-0.1, -0.05) is 0 Å². The van der Waals surface area contributed by atoms with Crippen LogP contribution in [-0.2, 0) is 9.47 Å². The molecule has 5 heteroatoms. The minimum atomic E-state index is -0.289. The largest absolute Gasteiger partial charge is 0.462 e. The van der Waals surface area contributed by atoms with Gasteiger partial charge in [-0.3, -0.25) is 0 Å². The first-order chi connectivity index (χ1) is 9.70. The summed E-state index contributed by atoms with van der Waals surface area (Å²) in [7, 11) is 0. The van der Waals surface area contributed by atoms with E-state index in [0.29, 0.717) is 18.2 Å². The standard InChI is InChI=1S/C15H20BrNO3/c1-2-20-15(18)11-5-6-14(13(16)10-11)17-12-4-3-8-19-9-7-12/h5-6,10,12,17H,2-4,7-9H2,1H3. The van der Waals surface area contributed by atoms with E-state index < -0.39 is 0 Å². The monoisotopic (exact) mass is 341 g/mol. The number of esters is 1. The van der Waals surface area contributed by atoms with Crippen molar-refractivity contribution in [3.8, 4) is 0 Å². The first-order valence-corrected chi connectivity index (χ1v) is 7.81. The van der Waals surface area contributed by atoms with Crippen molar-refractivity contribution in [1.29, 1.82) is 0 Å². The second kappa shape index (κ2) is 7.64. The Morgan fingerprint density at radius 3 is 3.05 bits per heavy atom. The van der Waals surface area contributed by atoms with Crippen molar-refractivity contribution < 1.29 is 14.3 Å². The van der Waals surface area contributed by atoms with Gasteiger partial charge in [0.1, 0.15) is 0 Å². The molecule has 1 aliphatic heterocycles. The summed E-state index contributed by atoms with van der Waals surface area (Å²) in [4.78, 5) is 11.7. The fourth-order valence-electron chi connectivity index (χ4n) is 2.24. The first kappa shape index (κ1) is 15.3. The Bertz CT molecular complexity index is 456. The van der Waals surface area contributed by atoms with Crippen LogP contribution < -0.4 is 5.32 Å². The van der Waals surface area contributed by atoms with Crippen molar-refractivity contribution in [2.24, 2.45) is 0 Å². The Labute approximate surface area is 128 Å². The maximum atomic E-state index is 11.7. The van der Waals surface area contributed by atoms with Crippen LogP contribution in [0.15, 0.2) is 22.7 Å². The number of anilines is 1. The number of rotatable bonds is 4. The Kier molecular flexibility index (Phi) is 5.86. The molecule has 1 heterocycles. The molecule has 1 saturated heterocycles. The summed E-state index contributed by atoms with van der Waals surface area (Å²) in [5.41, 5.74) is 1.57. The fraction of sp³-hybridized carbons (Fsp3) is 0.533. The molecule has 0 aliphatic carbocycles. The minimum absolute atomic E-state index is 0.289. The molecule has 20 heavy (non-hydrogen) atoms. The zero-order valence-corrected chi connectivity index (χ0v) is 13.2. The number of carbonyl (C=O) groups excluding carboxylic acids is 1. The molecule has 4 nitrogen and oxygen atoms in total. The summed E-state index contributed by atoms with van der Waals surface area (Å²) in [6, 6.07) is 5.93. The van der Waals surface area contributed by atoms with Crippen molar-refractivity contribution in [2.75, 3.05) is 25.1 Å². The fourth-order valence-corrected chi connectivity index (χ4v) is 2.73. The number of ether oxygens (including phenoxy) is 2. The Hall–Kier alpha value is -1.07. The van der Waals surface area contributed by atoms with Crippen LogP contribution in [0.3, 0.4) is 0 Å². The summed E-state index contributed by atoms with van der Waals surface area (Å²) in [5.74, 6) is -0.289. The Morgan fingerprint density at radius 1 is 1.45 bits per heavy atom. The van der Waals surface area contributed by atoms with Gasteiger partial charge in [0.05, 0.1) is 12.2 Å². The SMILES string of the molecule is CCOC(=O)c1ccc(NC2CCCOCC2)c(Br)c1. The topological polar surface area (TPSA) is 47.6 Å². The average Bonchev–Trinajstić information content (AvgIpc) is 2.70. The van der Waals surface area contributed by atoms with E-state index in [2.05, 4.69) is 21.2 Å². The summed E-state index contributed by atoms with van der Waals surface area (Å²) >= 11 is 3.51. The molecule has 1 aliphatic rings. The van der Waals surface area contributed by atoms with Crippen LogP contribution in [0.5, 0.6) is 0 Å². The third-order valence-corrected chi connectivity index (χ3v) is 3.95. The second-order valence-electron chi connectivity index (χ2n) is 4.80. The molecule has 1 aromatic carbocycles. The molecular weight excluding hydrogens is 322 g/mol. The van der Waals surface area contributed by atoms with Crippen molar-refractivity contribution in [2.45, 2.75) is 32.2 Å². The van der Waals surface area contributed by atoms with Crippen LogP contribution in [0.1, 0.15) is 36.5 Å². The van der Waals surface area contributed by atoms with Crippen LogP contribution in [0, 0.1) is 0 Å². The molecule has 0 radical (unpaired) electrons. The molecule has 0 spiro atoms. The van der Waals surface area contributed by atoms with E-state index in [9.17, 15) is 4.79 Å². The molecule has 0 saturated carbocycles. The Balaban J connectivity index is 2.03. The predicted octanol–water partition coefficient (Wildman–Crippen LogP) is 3.61.